The van der Waals surface area contributed by atoms with Crippen LogP contribution in [0.5, 0.6) is 0 Å². The number of alkyl halides is 3. The van der Waals surface area contributed by atoms with E-state index in [2.05, 4.69) is 32.3 Å². The maximum Gasteiger partial charge on any atom is 0.416 e. The average molecular weight is 460 g/mol. The van der Waals surface area contributed by atoms with E-state index < -0.39 is 17.8 Å². The highest BCUT2D eigenvalue weighted by Gasteiger charge is 2.31. The van der Waals surface area contributed by atoms with Gasteiger partial charge < -0.3 is 15.0 Å². The predicted molar refractivity (Wildman–Crippen MR) is 122 cm³/mol. The maximum absolute atomic E-state index is 13.1. The Balaban J connectivity index is 1.62. The Kier molecular flexibility index (Phi) is 6.43. The number of nitrogens with zero attached hydrogens (tertiary/aromatic N) is 4. The highest BCUT2D eigenvalue weighted by Crippen LogP contribution is 2.33. The zero-order chi connectivity index (χ0) is 23.8. The van der Waals surface area contributed by atoms with E-state index in [0.717, 1.165) is 43.0 Å². The van der Waals surface area contributed by atoms with Crippen molar-refractivity contribution < 1.29 is 17.9 Å². The number of hydrogen-bond acceptors (Lipinski definition) is 6. The lowest BCUT2D eigenvalue weighted by Gasteiger charge is -2.25. The molecule has 0 bridgehead atoms. The minimum absolute atomic E-state index is 0.412. The van der Waals surface area contributed by atoms with Crippen molar-refractivity contribution in [1.29, 1.82) is 0 Å². The van der Waals surface area contributed by atoms with Gasteiger partial charge in [-0.05, 0) is 43.5 Å². The van der Waals surface area contributed by atoms with E-state index >= 15 is 0 Å². The summed E-state index contributed by atoms with van der Waals surface area (Å²) in [6.45, 7) is 8.20. The number of pyridine rings is 1. The molecule has 0 amide bonds. The molecule has 4 rings (SSSR count). The van der Waals surface area contributed by atoms with E-state index in [1.54, 1.807) is 13.0 Å². The molecule has 1 fully saturated rings. The lowest BCUT2D eigenvalue weighted by atomic mass is 9.97. The minimum Gasteiger partial charge on any atom is -0.381 e. The van der Waals surface area contributed by atoms with Crippen LogP contribution in [0.3, 0.4) is 0 Å². The molecule has 1 N–H and O–H groups in total. The summed E-state index contributed by atoms with van der Waals surface area (Å²) in [5.41, 5.74) is 2.16. The molecule has 0 saturated carbocycles. The number of nitrogens with one attached hydrogen (secondary N) is 1. The molecule has 0 spiro atoms. The summed E-state index contributed by atoms with van der Waals surface area (Å²) in [4.78, 5) is 6.77. The zero-order valence-electron chi connectivity index (χ0n) is 19.1. The highest BCUT2D eigenvalue weighted by atomic mass is 19.4. The molecule has 9 heteroatoms. The molecular weight excluding hydrogens is 431 g/mol. The Morgan fingerprint density at radius 3 is 2.70 bits per heavy atom. The van der Waals surface area contributed by atoms with Gasteiger partial charge in [-0.2, -0.15) is 18.3 Å². The summed E-state index contributed by atoms with van der Waals surface area (Å²) < 4.78 is 45.0. The molecule has 3 heterocycles. The van der Waals surface area contributed by atoms with Crippen molar-refractivity contribution in [2.75, 3.05) is 37.0 Å². The first-order valence-corrected chi connectivity index (χ1v) is 11.0. The molecule has 176 valence electrons. The topological polar surface area (TPSA) is 63.2 Å². The Morgan fingerprint density at radius 1 is 1.21 bits per heavy atom. The Bertz CT molecular complexity index is 1140. The molecular formula is C24H28F3N5O. The van der Waals surface area contributed by atoms with Crippen molar-refractivity contribution in [2.24, 2.45) is 11.8 Å². The molecule has 1 aliphatic rings. The summed E-state index contributed by atoms with van der Waals surface area (Å²) in [6.07, 6.45) is -2.57. The van der Waals surface area contributed by atoms with Crippen molar-refractivity contribution >= 4 is 22.4 Å². The standard InChI is InChI=1S/C24H28F3N5O/c1-14-12-33-13-18(14)11-32(4)20-9-21-22(28-10-20)16(3)30-31-23(21)29-15(2)17-6-5-7-19(8-17)24(25,26)27/h5-10,14-15,18H,11-13H2,1-4H3,(H,29,31)/t14-,15+,18+/m0/s1. The molecule has 3 atom stereocenters. The summed E-state index contributed by atoms with van der Waals surface area (Å²) in [5.74, 6) is 1.43. The molecule has 33 heavy (non-hydrogen) atoms. The van der Waals surface area contributed by atoms with Crippen LogP contribution in [0.25, 0.3) is 10.9 Å². The molecule has 1 saturated heterocycles. The van der Waals surface area contributed by atoms with Gasteiger partial charge in [0.05, 0.1) is 41.3 Å². The van der Waals surface area contributed by atoms with Gasteiger partial charge in [-0.3, -0.25) is 4.98 Å². The van der Waals surface area contributed by atoms with Crippen molar-refractivity contribution in [3.63, 3.8) is 0 Å². The van der Waals surface area contributed by atoms with Crippen molar-refractivity contribution in [3.8, 4) is 0 Å². The fourth-order valence-electron chi connectivity index (χ4n) is 4.13. The highest BCUT2D eigenvalue weighted by molar-refractivity contribution is 5.92. The third-order valence-corrected chi connectivity index (χ3v) is 6.30. The molecule has 0 unspecified atom stereocenters. The van der Waals surface area contributed by atoms with Crippen molar-refractivity contribution in [3.05, 3.63) is 53.3 Å². The Labute approximate surface area is 191 Å². The van der Waals surface area contributed by atoms with E-state index in [1.165, 1.54) is 6.07 Å². The van der Waals surface area contributed by atoms with Crippen LogP contribution in [0.4, 0.5) is 24.7 Å². The van der Waals surface area contributed by atoms with Crippen LogP contribution >= 0.6 is 0 Å². The molecule has 0 radical (unpaired) electrons. The third kappa shape index (κ3) is 5.03. The number of rotatable bonds is 6. The van der Waals surface area contributed by atoms with Crippen molar-refractivity contribution in [2.45, 2.75) is 33.0 Å². The number of hydrogen-bond donors (Lipinski definition) is 1. The van der Waals surface area contributed by atoms with Crippen LogP contribution in [0, 0.1) is 18.8 Å². The number of halogens is 3. The number of anilines is 2. The van der Waals surface area contributed by atoms with E-state index in [4.69, 9.17) is 4.74 Å². The second-order valence-electron chi connectivity index (χ2n) is 8.87. The number of aromatic nitrogens is 3. The second kappa shape index (κ2) is 9.13. The number of aryl methyl sites for hydroxylation is 1. The maximum atomic E-state index is 13.1. The summed E-state index contributed by atoms with van der Waals surface area (Å²) in [5, 5.41) is 12.5. The molecule has 0 aliphatic carbocycles. The fourth-order valence-corrected chi connectivity index (χ4v) is 4.13. The summed E-state index contributed by atoms with van der Waals surface area (Å²) >= 11 is 0. The van der Waals surface area contributed by atoms with Crippen LogP contribution < -0.4 is 10.2 Å². The van der Waals surface area contributed by atoms with Crippen LogP contribution in [0.2, 0.25) is 0 Å². The SMILES string of the molecule is Cc1nnc(N[C@H](C)c2cccc(C(F)(F)F)c2)c2cc(N(C)C[C@@H]3COC[C@@H]3C)cnc12. The van der Waals surface area contributed by atoms with E-state index in [-0.39, 0.29) is 0 Å². The predicted octanol–water partition coefficient (Wildman–Crippen LogP) is 5.24. The van der Waals surface area contributed by atoms with Gasteiger partial charge in [-0.25, -0.2) is 0 Å². The number of ether oxygens (including phenoxy) is 1. The van der Waals surface area contributed by atoms with E-state index in [1.807, 2.05) is 26.2 Å². The molecule has 3 aromatic rings. The lowest BCUT2D eigenvalue weighted by molar-refractivity contribution is -0.137. The normalized spacial score (nSPS) is 19.6. The van der Waals surface area contributed by atoms with Crippen LogP contribution in [-0.4, -0.2) is 42.0 Å². The Morgan fingerprint density at radius 2 is 2.00 bits per heavy atom. The lowest BCUT2D eigenvalue weighted by Crippen LogP contribution is -2.28. The zero-order valence-corrected chi connectivity index (χ0v) is 19.1. The second-order valence-corrected chi connectivity index (χ2v) is 8.87. The molecule has 2 aromatic heterocycles. The first-order valence-electron chi connectivity index (χ1n) is 11.0. The van der Waals surface area contributed by atoms with Gasteiger partial charge in [0.2, 0.25) is 0 Å². The largest absolute Gasteiger partial charge is 0.416 e. The monoisotopic (exact) mass is 459 g/mol. The van der Waals surface area contributed by atoms with Gasteiger partial charge in [0.15, 0.2) is 5.82 Å². The van der Waals surface area contributed by atoms with Gasteiger partial charge >= 0.3 is 6.18 Å². The third-order valence-electron chi connectivity index (χ3n) is 6.30. The molecule has 6 nitrogen and oxygen atoms in total. The minimum atomic E-state index is -4.39. The first kappa shape index (κ1) is 23.2. The van der Waals surface area contributed by atoms with Crippen LogP contribution in [0.15, 0.2) is 36.5 Å². The fraction of sp³-hybridized carbons (Fsp3) is 0.458. The Hall–Kier alpha value is -2.94. The van der Waals surface area contributed by atoms with Gasteiger partial charge in [0.25, 0.3) is 0 Å². The number of fused-ring (bicyclic) bond motifs is 1. The average Bonchev–Trinajstić information content (AvgIpc) is 3.19. The van der Waals surface area contributed by atoms with Gasteiger partial charge in [0.1, 0.15) is 0 Å². The quantitative estimate of drug-likeness (QED) is 0.544. The van der Waals surface area contributed by atoms with Crippen LogP contribution in [-0.2, 0) is 10.9 Å². The van der Waals surface area contributed by atoms with Gasteiger partial charge in [-0.1, -0.05) is 19.1 Å². The smallest absolute Gasteiger partial charge is 0.381 e. The van der Waals surface area contributed by atoms with E-state index in [9.17, 15) is 13.2 Å². The van der Waals surface area contributed by atoms with Crippen molar-refractivity contribution in [1.82, 2.24) is 15.2 Å². The van der Waals surface area contributed by atoms with E-state index in [0.29, 0.717) is 34.4 Å². The molecule has 1 aromatic carbocycles. The molecule has 1 aliphatic heterocycles. The summed E-state index contributed by atoms with van der Waals surface area (Å²) in [6, 6.07) is 6.90. The van der Waals surface area contributed by atoms with Gasteiger partial charge in [0, 0.05) is 31.5 Å². The summed E-state index contributed by atoms with van der Waals surface area (Å²) in [7, 11) is 2.02. The van der Waals surface area contributed by atoms with Gasteiger partial charge in [-0.15, -0.1) is 5.10 Å². The first-order chi connectivity index (χ1) is 15.6. The van der Waals surface area contributed by atoms with Crippen LogP contribution in [0.1, 0.15) is 36.7 Å². The number of benzene rings is 1.